The molecule has 1 heterocycles. The minimum atomic E-state index is -1.03. The molecule has 0 bridgehead atoms. The molecule has 0 aliphatic carbocycles. The zero-order valence-corrected chi connectivity index (χ0v) is 11.0. The number of nitrogens with zero attached hydrogens (tertiary/aromatic N) is 2. The van der Waals surface area contributed by atoms with E-state index in [9.17, 15) is 9.59 Å². The van der Waals surface area contributed by atoms with Crippen molar-refractivity contribution in [3.63, 3.8) is 0 Å². The highest BCUT2D eigenvalue weighted by Crippen LogP contribution is 2.17. The van der Waals surface area contributed by atoms with Crippen LogP contribution in [0.4, 0.5) is 5.82 Å². The average molecular weight is 250 g/mol. The Labute approximate surface area is 106 Å². The molecule has 0 fully saturated rings. The van der Waals surface area contributed by atoms with Crippen molar-refractivity contribution in [2.24, 2.45) is 5.92 Å². The Hall–Kier alpha value is -1.91. The van der Waals surface area contributed by atoms with Crippen molar-refractivity contribution in [2.75, 3.05) is 4.90 Å². The second-order valence-corrected chi connectivity index (χ2v) is 4.67. The van der Waals surface area contributed by atoms with E-state index >= 15 is 0 Å². The summed E-state index contributed by atoms with van der Waals surface area (Å²) in [5, 5.41) is 8.80. The first kappa shape index (κ1) is 14.2. The number of hydrogen-bond acceptors (Lipinski definition) is 3. The van der Waals surface area contributed by atoms with Crippen molar-refractivity contribution in [2.45, 2.75) is 33.7 Å². The van der Waals surface area contributed by atoms with Crippen molar-refractivity contribution in [3.8, 4) is 0 Å². The summed E-state index contributed by atoms with van der Waals surface area (Å²) in [6.45, 7) is 7.44. The predicted octanol–water partition coefficient (Wildman–Crippen LogP) is 2.18. The lowest BCUT2D eigenvalue weighted by Crippen LogP contribution is -2.40. The number of carboxylic acid groups (broad SMARTS) is 1. The number of pyridine rings is 1. The Balaban J connectivity index is 3.07. The van der Waals surface area contributed by atoms with E-state index in [0.717, 1.165) is 0 Å². The van der Waals surface area contributed by atoms with Crippen molar-refractivity contribution in [3.05, 3.63) is 23.9 Å². The molecule has 1 amide bonds. The van der Waals surface area contributed by atoms with Gasteiger partial charge in [-0.25, -0.2) is 9.78 Å². The van der Waals surface area contributed by atoms with Crippen LogP contribution < -0.4 is 4.90 Å². The first-order chi connectivity index (χ1) is 8.34. The van der Waals surface area contributed by atoms with Crippen molar-refractivity contribution >= 4 is 17.7 Å². The van der Waals surface area contributed by atoms with Gasteiger partial charge in [-0.15, -0.1) is 0 Å². The molecule has 5 heteroatoms. The Morgan fingerprint density at radius 1 is 1.22 bits per heavy atom. The van der Waals surface area contributed by atoms with Gasteiger partial charge in [-0.1, -0.05) is 13.8 Å². The molecule has 1 aromatic heterocycles. The summed E-state index contributed by atoms with van der Waals surface area (Å²) in [4.78, 5) is 28.4. The topological polar surface area (TPSA) is 70.5 Å². The van der Waals surface area contributed by atoms with Crippen molar-refractivity contribution in [1.82, 2.24) is 4.98 Å². The predicted molar refractivity (Wildman–Crippen MR) is 68.7 cm³/mol. The van der Waals surface area contributed by atoms with E-state index in [0.29, 0.717) is 5.82 Å². The molecular formula is C13H18N2O3. The number of carbonyl (C=O) groups excluding carboxylic acids is 1. The van der Waals surface area contributed by atoms with Gasteiger partial charge in [0.2, 0.25) is 5.91 Å². The van der Waals surface area contributed by atoms with Gasteiger partial charge in [0.25, 0.3) is 0 Å². The normalized spacial score (nSPS) is 10.8. The molecule has 5 nitrogen and oxygen atoms in total. The summed E-state index contributed by atoms with van der Waals surface area (Å²) >= 11 is 0. The van der Waals surface area contributed by atoms with E-state index in [1.54, 1.807) is 11.0 Å². The lowest BCUT2D eigenvalue weighted by atomic mass is 10.1. The molecule has 1 aromatic rings. The number of amides is 1. The fraction of sp³-hybridized carbons (Fsp3) is 0.462. The maximum Gasteiger partial charge on any atom is 0.337 e. The first-order valence-electron chi connectivity index (χ1n) is 5.87. The molecule has 0 radical (unpaired) electrons. The number of aromatic carboxylic acids is 1. The Bertz CT molecular complexity index is 438. The molecule has 0 atom stereocenters. The van der Waals surface area contributed by atoms with Crippen LogP contribution in [0.1, 0.15) is 38.1 Å². The number of carboxylic acids is 1. The van der Waals surface area contributed by atoms with E-state index < -0.39 is 5.97 Å². The summed E-state index contributed by atoms with van der Waals surface area (Å²) < 4.78 is 0. The summed E-state index contributed by atoms with van der Waals surface area (Å²) in [7, 11) is 0. The molecule has 0 aromatic carbocycles. The summed E-state index contributed by atoms with van der Waals surface area (Å²) in [5.74, 6) is -0.706. The van der Waals surface area contributed by atoms with Crippen LogP contribution >= 0.6 is 0 Å². The molecule has 0 saturated heterocycles. The average Bonchev–Trinajstić information content (AvgIpc) is 2.29. The van der Waals surface area contributed by atoms with Gasteiger partial charge >= 0.3 is 5.97 Å². The number of carbonyl (C=O) groups is 2. The number of rotatable bonds is 4. The van der Waals surface area contributed by atoms with Crippen LogP contribution in [0.2, 0.25) is 0 Å². The molecule has 98 valence electrons. The quantitative estimate of drug-likeness (QED) is 0.889. The third-order valence-corrected chi connectivity index (χ3v) is 2.49. The minimum Gasteiger partial charge on any atom is -0.478 e. The zero-order chi connectivity index (χ0) is 13.9. The second kappa shape index (κ2) is 5.62. The van der Waals surface area contributed by atoms with Crippen molar-refractivity contribution in [1.29, 1.82) is 0 Å². The summed E-state index contributed by atoms with van der Waals surface area (Å²) in [5.41, 5.74) is 0.111. The minimum absolute atomic E-state index is 0.0249. The van der Waals surface area contributed by atoms with Crippen LogP contribution in [-0.2, 0) is 4.79 Å². The molecule has 0 aliphatic rings. The standard InChI is InChI=1S/C13H18N2O3/c1-8(2)12(16)15(9(3)4)11-6-5-10(7-14-11)13(17)18/h5-9H,1-4H3,(H,17,18). The van der Waals surface area contributed by atoms with Crippen LogP contribution in [0.5, 0.6) is 0 Å². The summed E-state index contributed by atoms with van der Waals surface area (Å²) in [6.07, 6.45) is 1.26. The molecule has 0 spiro atoms. The van der Waals surface area contributed by atoms with Gasteiger partial charge in [0.15, 0.2) is 0 Å². The van der Waals surface area contributed by atoms with E-state index in [1.165, 1.54) is 12.3 Å². The fourth-order valence-electron chi connectivity index (χ4n) is 1.57. The Kier molecular flexibility index (Phi) is 4.42. The lowest BCUT2D eigenvalue weighted by molar-refractivity contribution is -0.121. The first-order valence-corrected chi connectivity index (χ1v) is 5.87. The van der Waals surface area contributed by atoms with Crippen molar-refractivity contribution < 1.29 is 14.7 Å². The maximum absolute atomic E-state index is 12.1. The Morgan fingerprint density at radius 3 is 2.17 bits per heavy atom. The monoisotopic (exact) mass is 250 g/mol. The second-order valence-electron chi connectivity index (χ2n) is 4.67. The fourth-order valence-corrected chi connectivity index (χ4v) is 1.57. The van der Waals surface area contributed by atoms with Gasteiger partial charge in [-0.3, -0.25) is 9.69 Å². The largest absolute Gasteiger partial charge is 0.478 e. The van der Waals surface area contributed by atoms with Gasteiger partial charge in [0, 0.05) is 18.2 Å². The molecule has 18 heavy (non-hydrogen) atoms. The van der Waals surface area contributed by atoms with E-state index in [-0.39, 0.29) is 23.4 Å². The van der Waals surface area contributed by atoms with Gasteiger partial charge in [0.05, 0.1) is 5.56 Å². The number of hydrogen-bond donors (Lipinski definition) is 1. The van der Waals surface area contributed by atoms with E-state index in [2.05, 4.69) is 4.98 Å². The third-order valence-electron chi connectivity index (χ3n) is 2.49. The number of aromatic nitrogens is 1. The SMILES string of the molecule is CC(C)C(=O)N(c1ccc(C(=O)O)cn1)C(C)C. The zero-order valence-electron chi connectivity index (χ0n) is 11.0. The molecular weight excluding hydrogens is 232 g/mol. The number of anilines is 1. The highest BCUT2D eigenvalue weighted by Gasteiger charge is 2.22. The lowest BCUT2D eigenvalue weighted by Gasteiger charge is -2.27. The highest BCUT2D eigenvalue weighted by molar-refractivity contribution is 5.94. The van der Waals surface area contributed by atoms with Crippen LogP contribution in [0.3, 0.4) is 0 Å². The van der Waals surface area contributed by atoms with E-state index in [1.807, 2.05) is 27.7 Å². The van der Waals surface area contributed by atoms with Gasteiger partial charge in [-0.05, 0) is 26.0 Å². The summed E-state index contributed by atoms with van der Waals surface area (Å²) in [6, 6.07) is 2.99. The molecule has 1 N–H and O–H groups in total. The highest BCUT2D eigenvalue weighted by atomic mass is 16.4. The van der Waals surface area contributed by atoms with Gasteiger partial charge in [0.1, 0.15) is 5.82 Å². The van der Waals surface area contributed by atoms with Gasteiger partial charge in [-0.2, -0.15) is 0 Å². The molecule has 1 rings (SSSR count). The van der Waals surface area contributed by atoms with Crippen LogP contribution in [0.25, 0.3) is 0 Å². The van der Waals surface area contributed by atoms with Crippen LogP contribution in [-0.4, -0.2) is 28.0 Å². The third kappa shape index (κ3) is 3.06. The smallest absolute Gasteiger partial charge is 0.337 e. The van der Waals surface area contributed by atoms with E-state index in [4.69, 9.17) is 5.11 Å². The van der Waals surface area contributed by atoms with Gasteiger partial charge < -0.3 is 5.11 Å². The molecule has 0 saturated carbocycles. The molecule has 0 aliphatic heterocycles. The van der Waals surface area contributed by atoms with Crippen LogP contribution in [0, 0.1) is 5.92 Å². The Morgan fingerprint density at radius 2 is 1.83 bits per heavy atom. The molecule has 0 unspecified atom stereocenters. The maximum atomic E-state index is 12.1. The van der Waals surface area contributed by atoms with Crippen LogP contribution in [0.15, 0.2) is 18.3 Å².